The number of nitrogens with one attached hydrogen (secondary N) is 1. The summed E-state index contributed by atoms with van der Waals surface area (Å²) < 4.78 is 42.1. The molecule has 4 aromatic rings. The highest BCUT2D eigenvalue weighted by Crippen LogP contribution is 2.38. The van der Waals surface area contributed by atoms with Gasteiger partial charge in [0.1, 0.15) is 5.75 Å². The SMILES string of the molecule is COc1cc(NC(=O)c2ccccc2C)ccc1C(=O)N1CCCC(OCCCOS(=O)(=O)c2ccc(C)cc2)c2cc(Cl)ccc21. The van der Waals surface area contributed by atoms with Crippen molar-refractivity contribution in [2.75, 3.05) is 37.1 Å². The van der Waals surface area contributed by atoms with Crippen molar-refractivity contribution < 1.29 is 31.7 Å². The second-order valence-electron chi connectivity index (χ2n) is 11.3. The molecule has 0 bridgehead atoms. The van der Waals surface area contributed by atoms with Crippen molar-refractivity contribution in [2.45, 2.75) is 44.1 Å². The lowest BCUT2D eigenvalue weighted by molar-refractivity contribution is 0.0404. The average Bonchev–Trinajstić information content (AvgIpc) is 3.23. The number of hydrogen-bond donors (Lipinski definition) is 1. The summed E-state index contributed by atoms with van der Waals surface area (Å²) in [6.07, 6.45) is 1.26. The standard InChI is InChI=1S/C36H37ClN2O7S/c1-24-11-15-28(16-12-24)47(42,43)46-21-7-20-45-33-10-6-19-39(32-18-13-26(37)22-31(32)33)36(41)30-17-14-27(23-34(30)44-3)38-35(40)29-9-5-4-8-25(29)2/h4-5,8-9,11-18,22-23,33H,6-7,10,19-21H2,1-3H3,(H,38,40). The molecule has 0 aliphatic carbocycles. The molecule has 9 nitrogen and oxygen atoms in total. The Labute approximate surface area is 280 Å². The number of carbonyl (C=O) groups excluding carboxylic acids is 2. The zero-order valence-electron chi connectivity index (χ0n) is 26.5. The number of nitrogens with zero attached hydrogens (tertiary/aromatic N) is 1. The minimum atomic E-state index is -3.86. The molecule has 1 heterocycles. The molecule has 0 aromatic heterocycles. The summed E-state index contributed by atoms with van der Waals surface area (Å²) >= 11 is 6.40. The molecule has 1 unspecified atom stereocenters. The number of amides is 2. The van der Waals surface area contributed by atoms with Gasteiger partial charge in [-0.05, 0) is 87.2 Å². The van der Waals surface area contributed by atoms with Crippen LogP contribution in [0.15, 0.2) is 89.8 Å². The summed E-state index contributed by atoms with van der Waals surface area (Å²) in [6.45, 7) is 4.40. The minimum absolute atomic E-state index is 0.0306. The first-order valence-corrected chi connectivity index (χ1v) is 17.1. The first-order valence-electron chi connectivity index (χ1n) is 15.3. The molecule has 47 heavy (non-hydrogen) atoms. The maximum Gasteiger partial charge on any atom is 0.296 e. The molecule has 1 atom stereocenters. The van der Waals surface area contributed by atoms with Gasteiger partial charge >= 0.3 is 0 Å². The number of rotatable bonds is 11. The van der Waals surface area contributed by atoms with Crippen LogP contribution in [0.5, 0.6) is 5.75 Å². The van der Waals surface area contributed by atoms with Gasteiger partial charge in [0.15, 0.2) is 0 Å². The number of benzene rings is 4. The van der Waals surface area contributed by atoms with Gasteiger partial charge in [-0.25, -0.2) is 0 Å². The van der Waals surface area contributed by atoms with Crippen LogP contribution in [0.3, 0.4) is 0 Å². The van der Waals surface area contributed by atoms with E-state index < -0.39 is 10.1 Å². The number of aryl methyl sites for hydroxylation is 2. The number of halogens is 1. The highest BCUT2D eigenvalue weighted by atomic mass is 35.5. The third-order valence-electron chi connectivity index (χ3n) is 7.96. The van der Waals surface area contributed by atoms with E-state index in [2.05, 4.69) is 5.32 Å². The Hall–Kier alpha value is -4.22. The molecule has 11 heteroatoms. The largest absolute Gasteiger partial charge is 0.496 e. The predicted molar refractivity (Wildman–Crippen MR) is 182 cm³/mol. The molecule has 0 fully saturated rings. The summed E-state index contributed by atoms with van der Waals surface area (Å²) in [6, 6.07) is 24.1. The zero-order chi connectivity index (χ0) is 33.6. The van der Waals surface area contributed by atoms with Crippen molar-refractivity contribution in [3.8, 4) is 5.75 Å². The van der Waals surface area contributed by atoms with E-state index in [1.165, 1.54) is 19.2 Å². The van der Waals surface area contributed by atoms with Crippen molar-refractivity contribution in [3.63, 3.8) is 0 Å². The number of ether oxygens (including phenoxy) is 2. The first kappa shape index (κ1) is 34.1. The van der Waals surface area contributed by atoms with Gasteiger partial charge < -0.3 is 19.7 Å². The second-order valence-corrected chi connectivity index (χ2v) is 13.3. The summed E-state index contributed by atoms with van der Waals surface area (Å²) in [5, 5.41) is 3.39. The molecule has 2 amide bonds. The van der Waals surface area contributed by atoms with Crippen molar-refractivity contribution in [1.82, 2.24) is 0 Å². The Balaban J connectivity index is 1.27. The number of fused-ring (bicyclic) bond motifs is 1. The number of anilines is 2. The van der Waals surface area contributed by atoms with Crippen molar-refractivity contribution in [3.05, 3.63) is 118 Å². The zero-order valence-corrected chi connectivity index (χ0v) is 28.1. The van der Waals surface area contributed by atoms with E-state index in [0.717, 1.165) is 16.7 Å². The third kappa shape index (κ3) is 8.20. The molecule has 246 valence electrons. The maximum absolute atomic E-state index is 14.0. The number of methoxy groups -OCH3 is 1. The van der Waals surface area contributed by atoms with Gasteiger partial charge in [0.05, 0.1) is 30.3 Å². The van der Waals surface area contributed by atoms with Crippen LogP contribution in [0.2, 0.25) is 5.02 Å². The fourth-order valence-electron chi connectivity index (χ4n) is 5.47. The first-order chi connectivity index (χ1) is 22.6. The van der Waals surface area contributed by atoms with E-state index in [-0.39, 0.29) is 36.0 Å². The van der Waals surface area contributed by atoms with Crippen LogP contribution >= 0.6 is 11.6 Å². The number of carbonyl (C=O) groups is 2. The van der Waals surface area contributed by atoms with Gasteiger partial charge in [-0.3, -0.25) is 13.8 Å². The van der Waals surface area contributed by atoms with Gasteiger partial charge in [0, 0.05) is 46.7 Å². The smallest absolute Gasteiger partial charge is 0.296 e. The van der Waals surface area contributed by atoms with E-state index in [1.807, 2.05) is 26.0 Å². The molecular weight excluding hydrogens is 640 g/mol. The number of hydrogen-bond acceptors (Lipinski definition) is 7. The van der Waals surface area contributed by atoms with Crippen LogP contribution in [0.25, 0.3) is 0 Å². The normalized spacial score (nSPS) is 14.6. The molecule has 1 aliphatic rings. The minimum Gasteiger partial charge on any atom is -0.496 e. The van der Waals surface area contributed by atoms with E-state index in [1.54, 1.807) is 65.6 Å². The third-order valence-corrected chi connectivity index (χ3v) is 9.52. The lowest BCUT2D eigenvalue weighted by atomic mass is 10.0. The predicted octanol–water partition coefficient (Wildman–Crippen LogP) is 7.51. The lowest BCUT2D eigenvalue weighted by Gasteiger charge is -2.25. The summed E-state index contributed by atoms with van der Waals surface area (Å²) in [5.41, 5.74) is 4.63. The molecule has 0 radical (unpaired) electrons. The van der Waals surface area contributed by atoms with Crippen LogP contribution < -0.4 is 15.0 Å². The van der Waals surface area contributed by atoms with E-state index >= 15 is 0 Å². The van der Waals surface area contributed by atoms with Crippen molar-refractivity contribution in [1.29, 1.82) is 0 Å². The highest BCUT2D eigenvalue weighted by Gasteiger charge is 2.29. The molecule has 5 rings (SSSR count). The van der Waals surface area contributed by atoms with Gasteiger partial charge in [0.2, 0.25) is 0 Å². The Bertz CT molecular complexity index is 1860. The summed E-state index contributed by atoms with van der Waals surface area (Å²) in [7, 11) is -2.38. The average molecular weight is 677 g/mol. The monoisotopic (exact) mass is 676 g/mol. The van der Waals surface area contributed by atoms with E-state index in [0.29, 0.717) is 59.1 Å². The van der Waals surface area contributed by atoms with Crippen LogP contribution in [-0.2, 0) is 19.0 Å². The summed E-state index contributed by atoms with van der Waals surface area (Å²) in [4.78, 5) is 28.7. The van der Waals surface area contributed by atoms with Gasteiger partial charge in [-0.15, -0.1) is 0 Å². The van der Waals surface area contributed by atoms with Gasteiger partial charge in [-0.1, -0.05) is 47.5 Å². The molecule has 0 saturated heterocycles. The molecular formula is C36H37ClN2O7S. The Morgan fingerprint density at radius 3 is 2.45 bits per heavy atom. The maximum atomic E-state index is 14.0. The Morgan fingerprint density at radius 1 is 0.936 bits per heavy atom. The second kappa shape index (κ2) is 15.1. The van der Waals surface area contributed by atoms with Crippen LogP contribution in [-0.4, -0.2) is 47.1 Å². The molecule has 1 aliphatic heterocycles. The van der Waals surface area contributed by atoms with Gasteiger partial charge in [0.25, 0.3) is 21.9 Å². The Kier molecular flexibility index (Phi) is 11.0. The fraction of sp³-hybridized carbons (Fsp3) is 0.278. The van der Waals surface area contributed by atoms with Crippen LogP contribution in [0.1, 0.15) is 62.8 Å². The van der Waals surface area contributed by atoms with E-state index in [4.69, 9.17) is 25.3 Å². The molecule has 0 spiro atoms. The van der Waals surface area contributed by atoms with E-state index in [9.17, 15) is 18.0 Å². The van der Waals surface area contributed by atoms with Crippen molar-refractivity contribution >= 4 is 44.9 Å². The topological polar surface area (TPSA) is 111 Å². The lowest BCUT2D eigenvalue weighted by Crippen LogP contribution is -2.32. The van der Waals surface area contributed by atoms with Crippen molar-refractivity contribution in [2.24, 2.45) is 0 Å². The van der Waals surface area contributed by atoms with Crippen LogP contribution in [0, 0.1) is 13.8 Å². The Morgan fingerprint density at radius 2 is 1.70 bits per heavy atom. The quantitative estimate of drug-likeness (QED) is 0.129. The molecule has 4 aromatic carbocycles. The van der Waals surface area contributed by atoms with Gasteiger partial charge in [-0.2, -0.15) is 8.42 Å². The fourth-order valence-corrected chi connectivity index (χ4v) is 6.59. The molecule has 1 N–H and O–H groups in total. The van der Waals surface area contributed by atoms with Crippen LogP contribution in [0.4, 0.5) is 11.4 Å². The highest BCUT2D eigenvalue weighted by molar-refractivity contribution is 7.86. The summed E-state index contributed by atoms with van der Waals surface area (Å²) in [5.74, 6) is -0.198. The molecule has 0 saturated carbocycles.